The Morgan fingerprint density at radius 3 is 2.30 bits per heavy atom. The Bertz CT molecular complexity index is 1600. The van der Waals surface area contributed by atoms with Crippen molar-refractivity contribution in [3.8, 4) is 22.8 Å². The molecule has 0 saturated carbocycles. The molecule has 0 N–H and O–H groups in total. The Morgan fingerprint density at radius 1 is 0.957 bits per heavy atom. The second-order valence-corrected chi connectivity index (χ2v) is 14.4. The Morgan fingerprint density at radius 2 is 1.64 bits per heavy atom. The molecule has 47 heavy (non-hydrogen) atoms. The highest BCUT2D eigenvalue weighted by Crippen LogP contribution is 2.40. The number of hydrogen-bond acceptors (Lipinski definition) is 8. The minimum Gasteiger partial charge on any atom is -0.494 e. The summed E-state index contributed by atoms with van der Waals surface area (Å²) in [5.41, 5.74) is 2.04. The van der Waals surface area contributed by atoms with Gasteiger partial charge in [-0.3, -0.25) is 0 Å². The van der Waals surface area contributed by atoms with E-state index in [9.17, 15) is 9.59 Å². The van der Waals surface area contributed by atoms with Crippen LogP contribution in [-0.4, -0.2) is 91.7 Å². The van der Waals surface area contributed by atoms with Gasteiger partial charge in [0.15, 0.2) is 11.6 Å². The monoisotopic (exact) mass is 650 g/mol. The van der Waals surface area contributed by atoms with Crippen molar-refractivity contribution in [3.05, 3.63) is 48.3 Å². The number of benzene rings is 2. The summed E-state index contributed by atoms with van der Waals surface area (Å²) in [6.45, 7) is 14.6. The number of methoxy groups -OCH3 is 1. The molecular formula is C36H47FN4O6. The fourth-order valence-electron chi connectivity index (χ4n) is 6.09. The highest BCUT2D eigenvalue weighted by molar-refractivity contribution is 5.95. The van der Waals surface area contributed by atoms with Gasteiger partial charge < -0.3 is 33.6 Å². The number of halogens is 1. The molecular weight excluding hydrogens is 603 g/mol. The third-order valence-electron chi connectivity index (χ3n) is 8.40. The molecule has 2 atom stereocenters. The number of likely N-dealkylation sites (N-methyl/N-ethyl adjacent to an activating group) is 1. The van der Waals surface area contributed by atoms with E-state index in [-0.39, 0.29) is 17.8 Å². The number of carbonyl (C=O) groups excluding carboxylic acids is 2. The second-order valence-electron chi connectivity index (χ2n) is 14.4. The van der Waals surface area contributed by atoms with E-state index >= 15 is 4.39 Å². The molecule has 5 rings (SSSR count). The smallest absolute Gasteiger partial charge is 0.410 e. The number of anilines is 1. The minimum absolute atomic E-state index is 0.135. The molecule has 2 saturated heterocycles. The van der Waals surface area contributed by atoms with Gasteiger partial charge in [0, 0.05) is 55.9 Å². The number of rotatable bonds is 7. The molecule has 10 nitrogen and oxygen atoms in total. The van der Waals surface area contributed by atoms with E-state index in [4.69, 9.17) is 23.9 Å². The summed E-state index contributed by atoms with van der Waals surface area (Å²) in [7, 11) is 3.12. The average molecular weight is 651 g/mol. The van der Waals surface area contributed by atoms with Gasteiger partial charge >= 0.3 is 12.2 Å². The van der Waals surface area contributed by atoms with Crippen LogP contribution in [0.15, 0.2) is 42.5 Å². The highest BCUT2D eigenvalue weighted by atomic mass is 19.1. The molecule has 0 spiro atoms. The van der Waals surface area contributed by atoms with Crippen LogP contribution in [0.4, 0.5) is 19.7 Å². The number of pyridine rings is 1. The van der Waals surface area contributed by atoms with Crippen LogP contribution in [0, 0.1) is 17.7 Å². The lowest BCUT2D eigenvalue weighted by atomic mass is 9.89. The van der Waals surface area contributed by atoms with Crippen LogP contribution in [0.25, 0.3) is 22.2 Å². The van der Waals surface area contributed by atoms with Crippen molar-refractivity contribution in [1.29, 1.82) is 0 Å². The highest BCUT2D eigenvalue weighted by Gasteiger charge is 2.40. The molecule has 3 heterocycles. The lowest BCUT2D eigenvalue weighted by Gasteiger charge is -2.35. The fourth-order valence-corrected chi connectivity index (χ4v) is 6.09. The molecule has 2 fully saturated rings. The van der Waals surface area contributed by atoms with Crippen LogP contribution in [-0.2, 0) is 9.47 Å². The van der Waals surface area contributed by atoms with Gasteiger partial charge in [-0.05, 0) is 96.2 Å². The van der Waals surface area contributed by atoms with E-state index < -0.39 is 23.1 Å². The second kappa shape index (κ2) is 13.4. The van der Waals surface area contributed by atoms with E-state index in [2.05, 4.69) is 4.90 Å². The largest absolute Gasteiger partial charge is 0.494 e. The zero-order valence-electron chi connectivity index (χ0n) is 28.8. The zero-order valence-corrected chi connectivity index (χ0v) is 28.8. The third-order valence-corrected chi connectivity index (χ3v) is 8.40. The Balaban J connectivity index is 1.34. The Labute approximate surface area is 276 Å². The number of aromatic nitrogens is 1. The van der Waals surface area contributed by atoms with E-state index in [0.29, 0.717) is 48.8 Å². The summed E-state index contributed by atoms with van der Waals surface area (Å²) in [6.07, 6.45) is 0.208. The summed E-state index contributed by atoms with van der Waals surface area (Å²) in [5.74, 6) is 1.04. The van der Waals surface area contributed by atoms with E-state index in [1.807, 2.05) is 76.8 Å². The fraction of sp³-hybridized carbons (Fsp3) is 0.528. The van der Waals surface area contributed by atoms with Crippen LogP contribution in [0.2, 0.25) is 0 Å². The SMILES string of the molecule is COc1cc2nc(-c3ccc(OCCN(C)C(=O)OC(C)(C)C)cc3)cc(N3CC4CCN(C(=O)OC(C)(C)C)CC4C3)c2cc1F. The molecule has 2 aliphatic heterocycles. The van der Waals surface area contributed by atoms with Gasteiger partial charge in [0.25, 0.3) is 0 Å². The van der Waals surface area contributed by atoms with Crippen molar-refractivity contribution >= 4 is 28.8 Å². The van der Waals surface area contributed by atoms with Gasteiger partial charge in [0.05, 0.1) is 24.9 Å². The standard InChI is InChI=1S/C36H47FN4O6/c1-35(2,3)46-33(42)39(7)15-16-45-26-11-9-23(10-12-26)29-18-31(27-17-28(37)32(44-8)19-30(27)38-29)41-20-24-13-14-40(21-25(24)22-41)34(43)47-36(4,5)6/h9-12,17-19,24-25H,13-16,20-22H2,1-8H3. The predicted octanol–water partition coefficient (Wildman–Crippen LogP) is 6.99. The Kier molecular flexibility index (Phi) is 9.75. The predicted molar refractivity (Wildman–Crippen MR) is 180 cm³/mol. The maximum atomic E-state index is 15.0. The number of amides is 2. The number of hydrogen-bond donors (Lipinski definition) is 0. The number of piperidine rings is 1. The summed E-state index contributed by atoms with van der Waals surface area (Å²) in [4.78, 5) is 35.5. The zero-order chi connectivity index (χ0) is 34.1. The van der Waals surface area contributed by atoms with Crippen LogP contribution in [0.3, 0.4) is 0 Å². The first-order chi connectivity index (χ1) is 22.1. The van der Waals surface area contributed by atoms with Crippen molar-refractivity contribution in [2.45, 2.75) is 59.2 Å². The van der Waals surface area contributed by atoms with Gasteiger partial charge in [-0.25, -0.2) is 19.0 Å². The summed E-state index contributed by atoms with van der Waals surface area (Å²) in [5, 5.41) is 0.712. The van der Waals surface area contributed by atoms with Crippen molar-refractivity contribution in [3.63, 3.8) is 0 Å². The maximum Gasteiger partial charge on any atom is 0.410 e. The number of likely N-dealkylation sites (tertiary alicyclic amines) is 1. The first-order valence-electron chi connectivity index (χ1n) is 16.2. The van der Waals surface area contributed by atoms with Gasteiger partial charge in [0.1, 0.15) is 23.6 Å². The van der Waals surface area contributed by atoms with Crippen molar-refractivity contribution in [2.75, 3.05) is 58.4 Å². The number of carbonyl (C=O) groups is 2. The number of nitrogens with zero attached hydrogens (tertiary/aromatic N) is 4. The van der Waals surface area contributed by atoms with E-state index in [0.717, 1.165) is 36.5 Å². The van der Waals surface area contributed by atoms with Crippen LogP contribution < -0.4 is 14.4 Å². The molecule has 2 aromatic carbocycles. The van der Waals surface area contributed by atoms with E-state index in [1.54, 1.807) is 13.1 Å². The molecule has 254 valence electrons. The molecule has 0 aliphatic carbocycles. The topological polar surface area (TPSA) is 93.7 Å². The van der Waals surface area contributed by atoms with Gasteiger partial charge in [-0.1, -0.05) is 0 Å². The van der Waals surface area contributed by atoms with Gasteiger partial charge in [-0.15, -0.1) is 0 Å². The molecule has 1 aromatic heterocycles. The van der Waals surface area contributed by atoms with Crippen molar-refractivity contribution in [1.82, 2.24) is 14.8 Å². The molecule has 3 aromatic rings. The van der Waals surface area contributed by atoms with Crippen LogP contribution in [0.1, 0.15) is 48.0 Å². The van der Waals surface area contributed by atoms with Crippen molar-refractivity contribution in [2.24, 2.45) is 11.8 Å². The first kappa shape index (κ1) is 34.1. The molecule has 0 radical (unpaired) electrons. The molecule has 0 bridgehead atoms. The quantitative estimate of drug-likeness (QED) is 0.270. The lowest BCUT2D eigenvalue weighted by molar-refractivity contribution is 0.0139. The minimum atomic E-state index is -0.562. The summed E-state index contributed by atoms with van der Waals surface area (Å²) >= 11 is 0. The Hall–Kier alpha value is -4.28. The average Bonchev–Trinajstić information content (AvgIpc) is 3.42. The van der Waals surface area contributed by atoms with Crippen LogP contribution >= 0.6 is 0 Å². The molecule has 11 heteroatoms. The molecule has 2 aliphatic rings. The number of ether oxygens (including phenoxy) is 4. The first-order valence-corrected chi connectivity index (χ1v) is 16.2. The number of fused-ring (bicyclic) bond motifs is 2. The van der Waals surface area contributed by atoms with Crippen molar-refractivity contribution < 1.29 is 32.9 Å². The lowest BCUT2D eigenvalue weighted by Crippen LogP contribution is -2.45. The summed E-state index contributed by atoms with van der Waals surface area (Å²) < 4.78 is 37.2. The molecule has 2 unspecified atom stereocenters. The summed E-state index contributed by atoms with van der Waals surface area (Å²) in [6, 6.07) is 12.8. The van der Waals surface area contributed by atoms with Gasteiger partial charge in [0.2, 0.25) is 0 Å². The van der Waals surface area contributed by atoms with E-state index in [1.165, 1.54) is 18.1 Å². The van der Waals surface area contributed by atoms with Gasteiger partial charge in [-0.2, -0.15) is 0 Å². The van der Waals surface area contributed by atoms with Crippen LogP contribution in [0.5, 0.6) is 11.5 Å². The molecule has 2 amide bonds. The normalized spacial score (nSPS) is 18.1. The maximum absolute atomic E-state index is 15.0. The third kappa shape index (κ3) is 8.36.